The molecule has 6 nitrogen and oxygen atoms in total. The fourth-order valence-electron chi connectivity index (χ4n) is 2.66. The van der Waals surface area contributed by atoms with Gasteiger partial charge in [-0.25, -0.2) is 4.79 Å². The van der Waals surface area contributed by atoms with Crippen molar-refractivity contribution in [1.29, 1.82) is 5.26 Å². The Hall–Kier alpha value is -3.76. The van der Waals surface area contributed by atoms with Crippen LogP contribution in [0, 0.1) is 11.3 Å². The molecule has 156 valence electrons. The van der Waals surface area contributed by atoms with Crippen LogP contribution < -0.4 is 10.1 Å². The molecule has 0 aliphatic carbocycles. The molecule has 3 aromatic rings. The minimum absolute atomic E-state index is 0.109. The normalized spacial score (nSPS) is 10.0. The van der Waals surface area contributed by atoms with E-state index in [1.165, 1.54) is 11.8 Å². The third-order valence-electron chi connectivity index (χ3n) is 4.07. The number of carbonyl (C=O) groups excluding carboxylic acids is 2. The molecular weight excluding hydrogens is 412 g/mol. The summed E-state index contributed by atoms with van der Waals surface area (Å²) in [5.41, 5.74) is 1.41. The predicted octanol–water partition coefficient (Wildman–Crippen LogP) is 4.52. The Kier molecular flexibility index (Phi) is 8.09. The van der Waals surface area contributed by atoms with Crippen LogP contribution in [0.3, 0.4) is 0 Å². The monoisotopic (exact) mass is 432 g/mol. The lowest BCUT2D eigenvalue weighted by molar-refractivity contribution is -0.113. The van der Waals surface area contributed by atoms with Gasteiger partial charge in [-0.05, 0) is 42.5 Å². The van der Waals surface area contributed by atoms with Crippen LogP contribution >= 0.6 is 11.8 Å². The second-order valence-electron chi connectivity index (χ2n) is 6.32. The van der Waals surface area contributed by atoms with E-state index in [0.29, 0.717) is 27.5 Å². The van der Waals surface area contributed by atoms with Gasteiger partial charge in [0.05, 0.1) is 22.9 Å². The summed E-state index contributed by atoms with van der Waals surface area (Å²) in [6.45, 7) is 0.359. The molecule has 0 aliphatic rings. The first-order valence-corrected chi connectivity index (χ1v) is 10.5. The van der Waals surface area contributed by atoms with Crippen molar-refractivity contribution in [2.45, 2.75) is 4.90 Å². The van der Waals surface area contributed by atoms with Gasteiger partial charge in [0.15, 0.2) is 0 Å². The first-order chi connectivity index (χ1) is 15.2. The van der Waals surface area contributed by atoms with Crippen molar-refractivity contribution in [1.82, 2.24) is 0 Å². The van der Waals surface area contributed by atoms with E-state index in [1.807, 2.05) is 36.4 Å². The molecule has 0 unspecified atom stereocenters. The number of anilines is 1. The third kappa shape index (κ3) is 6.91. The molecular formula is C24H20N2O4S. The molecule has 0 radical (unpaired) electrons. The van der Waals surface area contributed by atoms with E-state index < -0.39 is 5.97 Å². The molecule has 0 fully saturated rings. The number of rotatable bonds is 9. The number of thioether (sulfide) groups is 1. The molecule has 1 amide bonds. The highest BCUT2D eigenvalue weighted by molar-refractivity contribution is 8.00. The van der Waals surface area contributed by atoms with Gasteiger partial charge < -0.3 is 14.8 Å². The van der Waals surface area contributed by atoms with E-state index in [9.17, 15) is 9.59 Å². The van der Waals surface area contributed by atoms with Gasteiger partial charge in [0.1, 0.15) is 19.0 Å². The van der Waals surface area contributed by atoms with Crippen LogP contribution in [-0.2, 0) is 9.53 Å². The van der Waals surface area contributed by atoms with Gasteiger partial charge in [-0.3, -0.25) is 4.79 Å². The van der Waals surface area contributed by atoms with Crippen molar-refractivity contribution in [3.8, 4) is 11.8 Å². The number of hydrogen-bond acceptors (Lipinski definition) is 6. The Morgan fingerprint density at radius 3 is 2.52 bits per heavy atom. The molecule has 7 heteroatoms. The molecule has 0 aromatic heterocycles. The third-order valence-corrected chi connectivity index (χ3v) is 5.14. The standard InChI is InChI=1S/C24H20N2O4S/c25-16-18-7-6-8-19(15-18)26-23(27)17-31-22-12-5-4-11-21(22)24(28)30-14-13-29-20-9-2-1-3-10-20/h1-12,15H,13-14,17H2,(H,26,27). The zero-order valence-electron chi connectivity index (χ0n) is 16.6. The number of esters is 1. The first kappa shape index (κ1) is 21.9. The Labute approximate surface area is 184 Å². The highest BCUT2D eigenvalue weighted by Gasteiger charge is 2.14. The summed E-state index contributed by atoms with van der Waals surface area (Å²) in [5.74, 6) is 0.111. The van der Waals surface area contributed by atoms with Gasteiger partial charge in [0.2, 0.25) is 5.91 Å². The SMILES string of the molecule is N#Cc1cccc(NC(=O)CSc2ccccc2C(=O)OCCOc2ccccc2)c1. The summed E-state index contributed by atoms with van der Waals surface area (Å²) in [7, 11) is 0. The van der Waals surface area contributed by atoms with Crippen LogP contribution in [-0.4, -0.2) is 30.8 Å². The van der Waals surface area contributed by atoms with Crippen LogP contribution in [0.15, 0.2) is 83.8 Å². The average molecular weight is 433 g/mol. The number of nitrogens with one attached hydrogen (secondary N) is 1. The van der Waals surface area contributed by atoms with E-state index in [2.05, 4.69) is 5.32 Å². The van der Waals surface area contributed by atoms with Crippen molar-refractivity contribution in [2.24, 2.45) is 0 Å². The number of hydrogen-bond donors (Lipinski definition) is 1. The zero-order valence-corrected chi connectivity index (χ0v) is 17.4. The van der Waals surface area contributed by atoms with Gasteiger partial charge in [0, 0.05) is 10.6 Å². The summed E-state index contributed by atoms with van der Waals surface area (Å²) < 4.78 is 10.8. The molecule has 0 bridgehead atoms. The maximum atomic E-state index is 12.5. The predicted molar refractivity (Wildman–Crippen MR) is 119 cm³/mol. The van der Waals surface area contributed by atoms with Crippen LogP contribution in [0.25, 0.3) is 0 Å². The lowest BCUT2D eigenvalue weighted by Crippen LogP contribution is -2.15. The lowest BCUT2D eigenvalue weighted by Gasteiger charge is -2.10. The fraction of sp³-hybridized carbons (Fsp3) is 0.125. The molecule has 31 heavy (non-hydrogen) atoms. The van der Waals surface area contributed by atoms with E-state index in [0.717, 1.165) is 0 Å². The molecule has 0 spiro atoms. The van der Waals surface area contributed by atoms with Gasteiger partial charge in [-0.1, -0.05) is 36.4 Å². The number of carbonyl (C=O) groups is 2. The molecule has 1 N–H and O–H groups in total. The fourth-order valence-corrected chi connectivity index (χ4v) is 3.50. The quantitative estimate of drug-likeness (QED) is 0.304. The summed E-state index contributed by atoms with van der Waals surface area (Å²) in [6.07, 6.45) is 0. The number of ether oxygens (including phenoxy) is 2. The molecule has 3 rings (SSSR count). The number of para-hydroxylation sites is 1. The summed E-state index contributed by atoms with van der Waals surface area (Å²) in [4.78, 5) is 25.4. The minimum Gasteiger partial charge on any atom is -0.490 e. The van der Waals surface area contributed by atoms with Crippen LogP contribution in [0.5, 0.6) is 5.75 Å². The Morgan fingerprint density at radius 2 is 1.71 bits per heavy atom. The molecule has 0 atom stereocenters. The van der Waals surface area contributed by atoms with Gasteiger partial charge in [-0.2, -0.15) is 5.26 Å². The summed E-state index contributed by atoms with van der Waals surface area (Å²) >= 11 is 1.24. The number of nitrogens with zero attached hydrogens (tertiary/aromatic N) is 1. The molecule has 0 saturated heterocycles. The van der Waals surface area contributed by atoms with Gasteiger partial charge >= 0.3 is 5.97 Å². The van der Waals surface area contributed by atoms with Crippen molar-refractivity contribution in [2.75, 3.05) is 24.3 Å². The number of benzene rings is 3. The van der Waals surface area contributed by atoms with E-state index in [1.54, 1.807) is 48.5 Å². The van der Waals surface area contributed by atoms with Crippen molar-refractivity contribution in [3.63, 3.8) is 0 Å². The molecule has 0 saturated carbocycles. The van der Waals surface area contributed by atoms with Crippen molar-refractivity contribution in [3.05, 3.63) is 90.0 Å². The van der Waals surface area contributed by atoms with Crippen molar-refractivity contribution >= 4 is 29.3 Å². The van der Waals surface area contributed by atoms with Crippen LogP contribution in [0.2, 0.25) is 0 Å². The topological polar surface area (TPSA) is 88.4 Å². The first-order valence-electron chi connectivity index (χ1n) is 9.52. The largest absolute Gasteiger partial charge is 0.490 e. The summed E-state index contributed by atoms with van der Waals surface area (Å²) in [5, 5.41) is 11.7. The highest BCUT2D eigenvalue weighted by atomic mass is 32.2. The Balaban J connectivity index is 1.50. The van der Waals surface area contributed by atoms with E-state index in [-0.39, 0.29) is 24.9 Å². The minimum atomic E-state index is -0.470. The molecule has 0 aliphatic heterocycles. The van der Waals surface area contributed by atoms with Crippen LogP contribution in [0.1, 0.15) is 15.9 Å². The summed E-state index contributed by atoms with van der Waals surface area (Å²) in [6, 6.07) is 25.0. The Bertz CT molecular complexity index is 1080. The average Bonchev–Trinajstić information content (AvgIpc) is 2.81. The number of nitriles is 1. The second kappa shape index (κ2) is 11.4. The van der Waals surface area contributed by atoms with E-state index in [4.69, 9.17) is 14.7 Å². The molecule has 3 aromatic carbocycles. The Morgan fingerprint density at radius 1 is 0.935 bits per heavy atom. The van der Waals surface area contributed by atoms with E-state index >= 15 is 0 Å². The number of amides is 1. The van der Waals surface area contributed by atoms with Gasteiger partial charge in [0.25, 0.3) is 0 Å². The maximum Gasteiger partial charge on any atom is 0.339 e. The lowest BCUT2D eigenvalue weighted by atomic mass is 10.2. The molecule has 0 heterocycles. The highest BCUT2D eigenvalue weighted by Crippen LogP contribution is 2.24. The van der Waals surface area contributed by atoms with Crippen molar-refractivity contribution < 1.29 is 19.1 Å². The smallest absolute Gasteiger partial charge is 0.339 e. The van der Waals surface area contributed by atoms with Gasteiger partial charge in [-0.15, -0.1) is 11.8 Å². The maximum absolute atomic E-state index is 12.5. The zero-order chi connectivity index (χ0) is 21.9. The van der Waals surface area contributed by atoms with Crippen LogP contribution in [0.4, 0.5) is 5.69 Å². The second-order valence-corrected chi connectivity index (χ2v) is 7.34.